The van der Waals surface area contributed by atoms with Gasteiger partial charge in [0.05, 0.1) is 0 Å². The highest BCUT2D eigenvalue weighted by atomic mass is 16.3. The van der Waals surface area contributed by atoms with Crippen molar-refractivity contribution in [3.63, 3.8) is 0 Å². The van der Waals surface area contributed by atoms with Gasteiger partial charge < -0.3 is 4.42 Å². The van der Waals surface area contributed by atoms with E-state index in [0.717, 1.165) is 23.5 Å². The predicted molar refractivity (Wildman–Crippen MR) is 98.5 cm³/mol. The Bertz CT molecular complexity index is 761. The maximum Gasteiger partial charge on any atom is 0.134 e. The van der Waals surface area contributed by atoms with Crippen molar-refractivity contribution in [3.8, 4) is 0 Å². The Kier molecular flexibility index (Phi) is 3.52. The molecule has 4 heterocycles. The molecule has 5 atom stereocenters. The van der Waals surface area contributed by atoms with Crippen molar-refractivity contribution >= 4 is 11.0 Å². The predicted octanol–water partition coefficient (Wildman–Crippen LogP) is 5.28. The van der Waals surface area contributed by atoms with Gasteiger partial charge in [-0.3, -0.25) is 4.90 Å². The van der Waals surface area contributed by atoms with Gasteiger partial charge in [-0.05, 0) is 56.6 Å². The van der Waals surface area contributed by atoms with Gasteiger partial charge in [0.15, 0.2) is 0 Å². The average molecular weight is 323 g/mol. The molecule has 3 fully saturated rings. The maximum atomic E-state index is 6.49. The largest absolute Gasteiger partial charge is 0.460 e. The second-order valence-corrected chi connectivity index (χ2v) is 8.53. The molecule has 2 nitrogen and oxygen atoms in total. The summed E-state index contributed by atoms with van der Waals surface area (Å²) in [5.74, 6) is 3.78. The highest BCUT2D eigenvalue weighted by Gasteiger charge is 2.49. The molecule has 0 amide bonds. The zero-order chi connectivity index (χ0) is 16.3. The van der Waals surface area contributed by atoms with Crippen LogP contribution in [0.5, 0.6) is 0 Å². The van der Waals surface area contributed by atoms with E-state index < -0.39 is 0 Å². The third-order valence-electron chi connectivity index (χ3n) is 6.92. The van der Waals surface area contributed by atoms with Gasteiger partial charge in [-0.2, -0.15) is 0 Å². The van der Waals surface area contributed by atoms with Gasteiger partial charge in [0.25, 0.3) is 0 Å². The van der Waals surface area contributed by atoms with Gasteiger partial charge in [-0.15, -0.1) is 0 Å². The van der Waals surface area contributed by atoms with Crippen molar-refractivity contribution in [1.29, 1.82) is 0 Å². The molecule has 6 rings (SSSR count). The van der Waals surface area contributed by atoms with Crippen LogP contribution in [0.1, 0.15) is 61.8 Å². The minimum atomic E-state index is 0.643. The molecule has 1 saturated carbocycles. The number of aryl methyl sites for hydroxylation is 1. The molecule has 2 aromatic rings. The van der Waals surface area contributed by atoms with Crippen LogP contribution in [0.4, 0.5) is 0 Å². The normalized spacial score (nSPS) is 34.3. The van der Waals surface area contributed by atoms with E-state index >= 15 is 0 Å². The Morgan fingerprint density at radius 2 is 2.17 bits per heavy atom. The standard InChI is InChI=1S/C22H29NO/c1-3-4-5-16-11-15-12-19-21(16)23(13-15)9-8-17-18-10-14(2)6-7-20(18)24-22(17)19/h6-7,10,15-16,19,21H,3-5,8-9,11-13H2,1-2H3. The molecular weight excluding hydrogens is 294 g/mol. The molecule has 4 aliphatic rings. The lowest BCUT2D eigenvalue weighted by Crippen LogP contribution is -2.56. The number of furan rings is 1. The summed E-state index contributed by atoms with van der Waals surface area (Å²) < 4.78 is 6.49. The average Bonchev–Trinajstić information content (AvgIpc) is 2.90. The third-order valence-corrected chi connectivity index (χ3v) is 6.92. The summed E-state index contributed by atoms with van der Waals surface area (Å²) in [4.78, 5) is 2.83. The number of piperidine rings is 2. The van der Waals surface area contributed by atoms with E-state index in [2.05, 4.69) is 36.9 Å². The number of hydrogen-bond donors (Lipinski definition) is 0. The number of nitrogens with zero attached hydrogens (tertiary/aromatic N) is 1. The van der Waals surface area contributed by atoms with Crippen LogP contribution in [0.2, 0.25) is 0 Å². The highest BCUT2D eigenvalue weighted by Crippen LogP contribution is 2.52. The lowest BCUT2D eigenvalue weighted by Gasteiger charge is -2.53. The molecule has 1 aliphatic carbocycles. The Morgan fingerprint density at radius 3 is 3.04 bits per heavy atom. The third kappa shape index (κ3) is 2.19. The van der Waals surface area contributed by atoms with Crippen LogP contribution in [0.25, 0.3) is 11.0 Å². The van der Waals surface area contributed by atoms with Crippen molar-refractivity contribution < 1.29 is 4.42 Å². The fourth-order valence-electron chi connectivity index (χ4n) is 6.00. The SMILES string of the molecule is CCCCC1CC2CC3c4oc5ccc(C)cc5c4CCN(C2)C13. The maximum absolute atomic E-state index is 6.49. The monoisotopic (exact) mass is 323 g/mol. The molecule has 24 heavy (non-hydrogen) atoms. The highest BCUT2D eigenvalue weighted by molar-refractivity contribution is 5.83. The van der Waals surface area contributed by atoms with E-state index in [1.807, 2.05) is 0 Å². The van der Waals surface area contributed by atoms with E-state index in [4.69, 9.17) is 4.42 Å². The Labute approximate surface area is 145 Å². The van der Waals surface area contributed by atoms with Crippen molar-refractivity contribution in [1.82, 2.24) is 4.90 Å². The second kappa shape index (κ2) is 5.62. The van der Waals surface area contributed by atoms with Gasteiger partial charge >= 0.3 is 0 Å². The first-order valence-electron chi connectivity index (χ1n) is 10.0. The summed E-state index contributed by atoms with van der Waals surface area (Å²) in [6.07, 6.45) is 8.13. The number of rotatable bonds is 3. The minimum absolute atomic E-state index is 0.643. The molecule has 128 valence electrons. The smallest absolute Gasteiger partial charge is 0.134 e. The topological polar surface area (TPSA) is 16.4 Å². The Hall–Kier alpha value is -1.28. The Morgan fingerprint density at radius 1 is 1.25 bits per heavy atom. The number of unbranched alkanes of at least 4 members (excludes halogenated alkanes) is 1. The first-order valence-corrected chi connectivity index (χ1v) is 10.0. The number of benzene rings is 1. The van der Waals surface area contributed by atoms with Crippen LogP contribution in [0.3, 0.4) is 0 Å². The van der Waals surface area contributed by atoms with Crippen LogP contribution in [-0.4, -0.2) is 24.0 Å². The van der Waals surface area contributed by atoms with E-state index in [0.29, 0.717) is 5.92 Å². The van der Waals surface area contributed by atoms with E-state index in [-0.39, 0.29) is 0 Å². The molecule has 0 radical (unpaired) electrons. The van der Waals surface area contributed by atoms with Crippen molar-refractivity contribution in [2.75, 3.05) is 13.1 Å². The van der Waals surface area contributed by atoms with Gasteiger partial charge in [-0.1, -0.05) is 31.4 Å². The molecule has 2 saturated heterocycles. The summed E-state index contributed by atoms with van der Waals surface area (Å²) >= 11 is 0. The summed E-state index contributed by atoms with van der Waals surface area (Å²) in [7, 11) is 0. The fourth-order valence-corrected chi connectivity index (χ4v) is 6.00. The molecule has 0 spiro atoms. The lowest BCUT2D eigenvalue weighted by molar-refractivity contribution is -0.0192. The number of fused-ring (bicyclic) bond motifs is 4. The summed E-state index contributed by atoms with van der Waals surface area (Å²) in [5, 5.41) is 1.39. The molecule has 5 unspecified atom stereocenters. The van der Waals surface area contributed by atoms with Crippen LogP contribution < -0.4 is 0 Å². The van der Waals surface area contributed by atoms with Gasteiger partial charge in [0.2, 0.25) is 0 Å². The van der Waals surface area contributed by atoms with Gasteiger partial charge in [-0.25, -0.2) is 0 Å². The van der Waals surface area contributed by atoms with E-state index in [1.54, 1.807) is 0 Å². The van der Waals surface area contributed by atoms with Crippen LogP contribution >= 0.6 is 0 Å². The lowest BCUT2D eigenvalue weighted by atomic mass is 9.65. The molecule has 0 N–H and O–H groups in total. The zero-order valence-electron chi connectivity index (χ0n) is 15.1. The van der Waals surface area contributed by atoms with Crippen LogP contribution in [0, 0.1) is 18.8 Å². The summed E-state index contributed by atoms with van der Waals surface area (Å²) in [6, 6.07) is 7.46. The minimum Gasteiger partial charge on any atom is -0.460 e. The van der Waals surface area contributed by atoms with E-state index in [9.17, 15) is 0 Å². The van der Waals surface area contributed by atoms with E-state index in [1.165, 1.54) is 73.9 Å². The molecular formula is C22H29NO. The van der Waals surface area contributed by atoms with Crippen molar-refractivity contribution in [3.05, 3.63) is 35.1 Å². The summed E-state index contributed by atoms with van der Waals surface area (Å²) in [6.45, 7) is 7.09. The quantitative estimate of drug-likeness (QED) is 0.764. The summed E-state index contributed by atoms with van der Waals surface area (Å²) in [5.41, 5.74) is 3.99. The first kappa shape index (κ1) is 15.0. The molecule has 1 aromatic heterocycles. The molecule has 2 heteroatoms. The first-order chi connectivity index (χ1) is 11.7. The van der Waals surface area contributed by atoms with Crippen LogP contribution in [-0.2, 0) is 6.42 Å². The van der Waals surface area contributed by atoms with Gasteiger partial charge in [0.1, 0.15) is 11.3 Å². The second-order valence-electron chi connectivity index (χ2n) is 8.53. The van der Waals surface area contributed by atoms with Crippen LogP contribution in [0.15, 0.2) is 22.6 Å². The van der Waals surface area contributed by atoms with Crippen molar-refractivity contribution in [2.45, 2.75) is 64.3 Å². The molecule has 1 aromatic carbocycles. The zero-order valence-corrected chi connectivity index (χ0v) is 15.1. The van der Waals surface area contributed by atoms with Gasteiger partial charge in [0, 0.05) is 36.0 Å². The molecule has 4 bridgehead atoms. The van der Waals surface area contributed by atoms with Crippen molar-refractivity contribution in [2.24, 2.45) is 11.8 Å². The Balaban J connectivity index is 1.59. The molecule has 3 aliphatic heterocycles. The number of hydrogen-bond acceptors (Lipinski definition) is 2. The fraction of sp³-hybridized carbons (Fsp3) is 0.636.